The summed E-state index contributed by atoms with van der Waals surface area (Å²) in [5, 5.41) is 5.23. The first-order valence-corrected chi connectivity index (χ1v) is 6.21. The van der Waals surface area contributed by atoms with E-state index < -0.39 is 0 Å². The highest BCUT2D eigenvalue weighted by molar-refractivity contribution is 6.31. The van der Waals surface area contributed by atoms with Gasteiger partial charge in [0.15, 0.2) is 5.78 Å². The molecule has 0 amide bonds. The molecule has 0 unspecified atom stereocenters. The van der Waals surface area contributed by atoms with E-state index in [4.69, 9.17) is 23.2 Å². The summed E-state index contributed by atoms with van der Waals surface area (Å²) in [6.07, 6.45) is 0.235. The van der Waals surface area contributed by atoms with Crippen LogP contribution in [0.15, 0.2) is 24.3 Å². The van der Waals surface area contributed by atoms with Crippen LogP contribution in [-0.2, 0) is 13.5 Å². The fourth-order valence-electron chi connectivity index (χ4n) is 1.80. The van der Waals surface area contributed by atoms with Crippen molar-refractivity contribution in [2.45, 2.75) is 13.3 Å². The zero-order valence-electron chi connectivity index (χ0n) is 10.1. The van der Waals surface area contributed by atoms with Gasteiger partial charge in [-0.2, -0.15) is 5.10 Å². The average Bonchev–Trinajstić information content (AvgIpc) is 2.56. The maximum Gasteiger partial charge on any atom is 0.167 e. The molecule has 0 N–H and O–H groups in total. The van der Waals surface area contributed by atoms with E-state index in [9.17, 15) is 4.79 Å². The molecule has 0 aliphatic rings. The van der Waals surface area contributed by atoms with Crippen LogP contribution in [0.25, 0.3) is 0 Å². The van der Waals surface area contributed by atoms with Gasteiger partial charge in [0.05, 0.1) is 5.69 Å². The Balaban J connectivity index is 2.27. The molecule has 1 aromatic heterocycles. The molecule has 0 spiro atoms. The van der Waals surface area contributed by atoms with Crippen LogP contribution in [0.5, 0.6) is 0 Å². The van der Waals surface area contributed by atoms with Crippen molar-refractivity contribution in [2.24, 2.45) is 7.05 Å². The van der Waals surface area contributed by atoms with E-state index in [1.807, 2.05) is 6.92 Å². The predicted octanol–water partition coefficient (Wildman–Crippen LogP) is 3.46. The Morgan fingerprint density at radius 2 is 2.11 bits per heavy atom. The van der Waals surface area contributed by atoms with Crippen LogP contribution in [0.4, 0.5) is 0 Å². The van der Waals surface area contributed by atoms with Gasteiger partial charge in [0.1, 0.15) is 5.15 Å². The van der Waals surface area contributed by atoms with Gasteiger partial charge in [-0.3, -0.25) is 9.48 Å². The SMILES string of the molecule is Cc1nn(C)c(Cl)c1CC(=O)c1cccc(Cl)c1. The molecule has 2 rings (SSSR count). The molecule has 3 nitrogen and oxygen atoms in total. The lowest BCUT2D eigenvalue weighted by atomic mass is 10.0. The van der Waals surface area contributed by atoms with Crippen LogP contribution >= 0.6 is 23.2 Å². The fourth-order valence-corrected chi connectivity index (χ4v) is 2.23. The van der Waals surface area contributed by atoms with Gasteiger partial charge in [-0.15, -0.1) is 0 Å². The zero-order chi connectivity index (χ0) is 13.3. The average molecular weight is 283 g/mol. The molecular formula is C13H12Cl2N2O. The molecule has 5 heteroatoms. The molecule has 0 atom stereocenters. The second kappa shape index (κ2) is 5.12. The van der Waals surface area contributed by atoms with Crippen molar-refractivity contribution >= 4 is 29.0 Å². The summed E-state index contributed by atoms with van der Waals surface area (Å²) in [6, 6.07) is 6.89. The number of Topliss-reactive ketones (excluding diaryl/α,β-unsaturated/α-hetero) is 1. The number of aromatic nitrogens is 2. The summed E-state index contributed by atoms with van der Waals surface area (Å²) in [6.45, 7) is 1.84. The summed E-state index contributed by atoms with van der Waals surface area (Å²) in [5.41, 5.74) is 2.13. The number of halogens is 2. The molecule has 18 heavy (non-hydrogen) atoms. The molecule has 0 bridgehead atoms. The number of rotatable bonds is 3. The van der Waals surface area contributed by atoms with Gasteiger partial charge >= 0.3 is 0 Å². The van der Waals surface area contributed by atoms with Crippen molar-refractivity contribution in [1.29, 1.82) is 0 Å². The molecule has 0 aliphatic heterocycles. The Kier molecular flexibility index (Phi) is 3.73. The minimum absolute atomic E-state index is 0.0181. The number of aryl methyl sites for hydroxylation is 2. The van der Waals surface area contributed by atoms with Gasteiger partial charge in [0.25, 0.3) is 0 Å². The van der Waals surface area contributed by atoms with Crippen LogP contribution in [0, 0.1) is 6.92 Å². The van der Waals surface area contributed by atoms with E-state index in [0.29, 0.717) is 15.7 Å². The highest BCUT2D eigenvalue weighted by Gasteiger charge is 2.16. The van der Waals surface area contributed by atoms with Crippen LogP contribution in [0.1, 0.15) is 21.6 Å². The Hall–Kier alpha value is -1.32. The number of nitrogens with zero attached hydrogens (tertiary/aromatic N) is 2. The maximum absolute atomic E-state index is 12.1. The van der Waals surface area contributed by atoms with Gasteiger partial charge in [0, 0.05) is 29.6 Å². The van der Waals surface area contributed by atoms with Crippen molar-refractivity contribution in [3.05, 3.63) is 51.3 Å². The smallest absolute Gasteiger partial charge is 0.167 e. The van der Waals surface area contributed by atoms with Crippen molar-refractivity contribution in [3.8, 4) is 0 Å². The molecular weight excluding hydrogens is 271 g/mol. The number of ketones is 1. The largest absolute Gasteiger partial charge is 0.294 e. The van der Waals surface area contributed by atoms with E-state index in [0.717, 1.165) is 11.3 Å². The van der Waals surface area contributed by atoms with Crippen molar-refractivity contribution in [2.75, 3.05) is 0 Å². The fraction of sp³-hybridized carbons (Fsp3) is 0.231. The third-order valence-corrected chi connectivity index (χ3v) is 3.46. The van der Waals surface area contributed by atoms with Gasteiger partial charge in [-0.1, -0.05) is 35.3 Å². The summed E-state index contributed by atoms with van der Waals surface area (Å²) < 4.78 is 1.57. The van der Waals surface area contributed by atoms with Gasteiger partial charge in [0.2, 0.25) is 0 Å². The third-order valence-electron chi connectivity index (χ3n) is 2.75. The molecule has 0 saturated heterocycles. The minimum Gasteiger partial charge on any atom is -0.294 e. The second-order valence-corrected chi connectivity index (χ2v) is 4.88. The highest BCUT2D eigenvalue weighted by atomic mass is 35.5. The molecule has 0 radical (unpaired) electrons. The maximum atomic E-state index is 12.1. The lowest BCUT2D eigenvalue weighted by Crippen LogP contribution is -2.04. The lowest BCUT2D eigenvalue weighted by molar-refractivity contribution is 0.0992. The summed E-state index contributed by atoms with van der Waals surface area (Å²) in [5.74, 6) is -0.0181. The molecule has 0 aliphatic carbocycles. The Bertz CT molecular complexity index is 605. The van der Waals surface area contributed by atoms with Crippen LogP contribution < -0.4 is 0 Å². The standard InChI is InChI=1S/C13H12Cl2N2O/c1-8-11(13(15)17(2)16-8)7-12(18)9-4-3-5-10(14)6-9/h3-6H,7H2,1-2H3. The number of carbonyl (C=O) groups is 1. The zero-order valence-corrected chi connectivity index (χ0v) is 11.6. The topological polar surface area (TPSA) is 34.9 Å². The molecule has 1 heterocycles. The number of hydrogen-bond donors (Lipinski definition) is 0. The summed E-state index contributed by atoms with van der Waals surface area (Å²) >= 11 is 12.0. The van der Waals surface area contributed by atoms with E-state index >= 15 is 0 Å². The van der Waals surface area contributed by atoms with Gasteiger partial charge in [-0.25, -0.2) is 0 Å². The Labute approximate surface area is 115 Å². The van der Waals surface area contributed by atoms with E-state index in [-0.39, 0.29) is 12.2 Å². The highest BCUT2D eigenvalue weighted by Crippen LogP contribution is 2.21. The van der Waals surface area contributed by atoms with Gasteiger partial charge in [-0.05, 0) is 19.1 Å². The summed E-state index contributed by atoms with van der Waals surface area (Å²) in [4.78, 5) is 12.1. The normalized spacial score (nSPS) is 10.7. The first-order valence-electron chi connectivity index (χ1n) is 5.45. The van der Waals surface area contributed by atoms with Crippen molar-refractivity contribution in [3.63, 3.8) is 0 Å². The lowest BCUT2D eigenvalue weighted by Gasteiger charge is -2.02. The minimum atomic E-state index is -0.0181. The number of hydrogen-bond acceptors (Lipinski definition) is 2. The number of benzene rings is 1. The molecule has 0 saturated carbocycles. The van der Waals surface area contributed by atoms with E-state index in [2.05, 4.69) is 5.10 Å². The molecule has 1 aromatic carbocycles. The Morgan fingerprint density at radius 1 is 1.39 bits per heavy atom. The monoisotopic (exact) mass is 282 g/mol. The van der Waals surface area contributed by atoms with Crippen LogP contribution in [0.3, 0.4) is 0 Å². The van der Waals surface area contributed by atoms with Crippen molar-refractivity contribution < 1.29 is 4.79 Å². The first kappa shape index (κ1) is 13.1. The molecule has 2 aromatic rings. The first-order chi connectivity index (χ1) is 8.49. The Morgan fingerprint density at radius 3 is 2.67 bits per heavy atom. The quantitative estimate of drug-likeness (QED) is 0.808. The van der Waals surface area contributed by atoms with E-state index in [1.165, 1.54) is 0 Å². The van der Waals surface area contributed by atoms with E-state index in [1.54, 1.807) is 36.0 Å². The molecule has 0 fully saturated rings. The summed E-state index contributed by atoms with van der Waals surface area (Å²) in [7, 11) is 1.75. The third kappa shape index (κ3) is 2.57. The molecule has 94 valence electrons. The number of carbonyl (C=O) groups excluding carboxylic acids is 1. The van der Waals surface area contributed by atoms with Gasteiger partial charge < -0.3 is 0 Å². The predicted molar refractivity (Wildman–Crippen MR) is 72.4 cm³/mol. The van der Waals surface area contributed by atoms with Crippen molar-refractivity contribution in [1.82, 2.24) is 9.78 Å². The van der Waals surface area contributed by atoms with Crippen LogP contribution in [-0.4, -0.2) is 15.6 Å². The van der Waals surface area contributed by atoms with Crippen LogP contribution in [0.2, 0.25) is 10.2 Å². The second-order valence-electron chi connectivity index (χ2n) is 4.09.